The van der Waals surface area contributed by atoms with E-state index in [1.807, 2.05) is 13.0 Å². The number of amides is 2. The van der Waals surface area contributed by atoms with Crippen LogP contribution < -0.4 is 5.32 Å². The van der Waals surface area contributed by atoms with Gasteiger partial charge in [-0.1, -0.05) is 0 Å². The lowest BCUT2D eigenvalue weighted by Gasteiger charge is -2.29. The maximum atomic E-state index is 11.7. The van der Waals surface area contributed by atoms with Crippen LogP contribution in [-0.4, -0.2) is 49.0 Å². The van der Waals surface area contributed by atoms with Crippen molar-refractivity contribution in [1.82, 2.24) is 15.1 Å². The molecule has 0 aromatic rings. The average molecular weight is 196 g/mol. The van der Waals surface area contributed by atoms with E-state index in [0.717, 1.165) is 0 Å². The highest BCUT2D eigenvalue weighted by Gasteiger charge is 2.21. The summed E-state index contributed by atoms with van der Waals surface area (Å²) in [7, 11) is 3.47. The maximum absolute atomic E-state index is 11.7. The number of aliphatic imine (C=N–C) groups is 1. The normalized spacial score (nSPS) is 18.9. The van der Waals surface area contributed by atoms with Gasteiger partial charge in [0.2, 0.25) is 0 Å². The van der Waals surface area contributed by atoms with Crippen molar-refractivity contribution in [3.05, 3.63) is 12.3 Å². The summed E-state index contributed by atoms with van der Waals surface area (Å²) < 4.78 is 0. The lowest BCUT2D eigenvalue weighted by atomic mass is 10.4. The molecule has 5 heteroatoms. The molecular formula is C9H16N4O. The Labute approximate surface area is 84.1 Å². The molecule has 78 valence electrons. The van der Waals surface area contributed by atoms with Gasteiger partial charge in [-0.05, 0) is 13.0 Å². The third-order valence-electron chi connectivity index (χ3n) is 1.95. The first-order valence-electron chi connectivity index (χ1n) is 4.59. The van der Waals surface area contributed by atoms with Gasteiger partial charge in [-0.15, -0.1) is 0 Å². The van der Waals surface area contributed by atoms with Crippen LogP contribution in [0, 0.1) is 0 Å². The highest BCUT2D eigenvalue weighted by molar-refractivity contribution is 5.75. The van der Waals surface area contributed by atoms with E-state index in [-0.39, 0.29) is 12.2 Å². The molecule has 0 fully saturated rings. The fourth-order valence-corrected chi connectivity index (χ4v) is 1.23. The Morgan fingerprint density at radius 1 is 1.57 bits per heavy atom. The summed E-state index contributed by atoms with van der Waals surface area (Å²) in [6.07, 6.45) is 5.04. The molecule has 1 rings (SSSR count). The van der Waals surface area contributed by atoms with Gasteiger partial charge < -0.3 is 10.2 Å². The van der Waals surface area contributed by atoms with Crippen molar-refractivity contribution in [2.24, 2.45) is 4.99 Å². The number of urea groups is 1. The summed E-state index contributed by atoms with van der Waals surface area (Å²) >= 11 is 0. The number of likely N-dealkylation sites (N-methyl/N-ethyl adjacent to an activating group) is 1. The molecule has 2 amide bonds. The van der Waals surface area contributed by atoms with E-state index in [4.69, 9.17) is 0 Å². The number of hydrogen-bond acceptors (Lipinski definition) is 3. The minimum Gasteiger partial charge on any atom is -0.353 e. The highest BCUT2D eigenvalue weighted by atomic mass is 16.2. The van der Waals surface area contributed by atoms with Gasteiger partial charge in [0.15, 0.2) is 0 Å². The van der Waals surface area contributed by atoms with E-state index in [2.05, 4.69) is 10.3 Å². The molecular weight excluding hydrogens is 180 g/mol. The standard InChI is InChI=1S/C9H16N4O/c1-4-13(9(14)12(2)3)8-5-6-10-7-11-8/h5-8H,4H2,1-3H3,(H,10,11). The second-order valence-corrected chi connectivity index (χ2v) is 3.18. The first-order valence-corrected chi connectivity index (χ1v) is 4.59. The van der Waals surface area contributed by atoms with E-state index in [1.165, 1.54) is 0 Å². The molecule has 0 radical (unpaired) electrons. The van der Waals surface area contributed by atoms with E-state index in [1.54, 1.807) is 36.4 Å². The SMILES string of the molecule is CCN(C(=O)N(C)C)C1C=CNC=N1. The minimum atomic E-state index is -0.184. The van der Waals surface area contributed by atoms with Crippen LogP contribution in [-0.2, 0) is 0 Å². The van der Waals surface area contributed by atoms with Gasteiger partial charge >= 0.3 is 6.03 Å². The summed E-state index contributed by atoms with van der Waals surface area (Å²) in [6.45, 7) is 2.58. The summed E-state index contributed by atoms with van der Waals surface area (Å²) in [5, 5.41) is 2.84. The maximum Gasteiger partial charge on any atom is 0.321 e. The lowest BCUT2D eigenvalue weighted by molar-refractivity contribution is 0.163. The molecule has 0 aromatic heterocycles. The molecule has 1 aliphatic heterocycles. The Bertz CT molecular complexity index is 248. The van der Waals surface area contributed by atoms with Crippen LogP contribution in [0.1, 0.15) is 6.92 Å². The Morgan fingerprint density at radius 2 is 2.29 bits per heavy atom. The topological polar surface area (TPSA) is 47.9 Å². The summed E-state index contributed by atoms with van der Waals surface area (Å²) in [5.74, 6) is 0. The third-order valence-corrected chi connectivity index (χ3v) is 1.95. The van der Waals surface area contributed by atoms with Crippen LogP contribution in [0.25, 0.3) is 0 Å². The zero-order chi connectivity index (χ0) is 10.6. The second-order valence-electron chi connectivity index (χ2n) is 3.18. The highest BCUT2D eigenvalue weighted by Crippen LogP contribution is 2.06. The van der Waals surface area contributed by atoms with Gasteiger partial charge in [-0.2, -0.15) is 0 Å². The molecule has 1 atom stereocenters. The number of carbonyl (C=O) groups excluding carboxylic acids is 1. The Morgan fingerprint density at radius 3 is 2.71 bits per heavy atom. The van der Waals surface area contributed by atoms with Crippen molar-refractivity contribution in [3.63, 3.8) is 0 Å². The lowest BCUT2D eigenvalue weighted by Crippen LogP contribution is -2.45. The van der Waals surface area contributed by atoms with Gasteiger partial charge in [0.25, 0.3) is 0 Å². The molecule has 1 aliphatic rings. The quantitative estimate of drug-likeness (QED) is 0.697. The number of hydrogen-bond donors (Lipinski definition) is 1. The van der Waals surface area contributed by atoms with E-state index < -0.39 is 0 Å². The van der Waals surface area contributed by atoms with Gasteiger partial charge in [-0.3, -0.25) is 4.90 Å². The van der Waals surface area contributed by atoms with Gasteiger partial charge in [0, 0.05) is 26.8 Å². The molecule has 0 spiro atoms. The molecule has 1 heterocycles. The van der Waals surface area contributed by atoms with Crippen LogP contribution >= 0.6 is 0 Å². The van der Waals surface area contributed by atoms with Crippen LogP contribution in [0.3, 0.4) is 0 Å². The summed E-state index contributed by atoms with van der Waals surface area (Å²) in [5.41, 5.74) is 0. The van der Waals surface area contributed by atoms with Crippen molar-refractivity contribution in [2.75, 3.05) is 20.6 Å². The van der Waals surface area contributed by atoms with Crippen LogP contribution in [0.2, 0.25) is 0 Å². The Balaban J connectivity index is 2.70. The Hall–Kier alpha value is -1.52. The second kappa shape index (κ2) is 4.64. The van der Waals surface area contributed by atoms with E-state index in [9.17, 15) is 4.79 Å². The van der Waals surface area contributed by atoms with Crippen molar-refractivity contribution in [1.29, 1.82) is 0 Å². The fourth-order valence-electron chi connectivity index (χ4n) is 1.23. The molecule has 1 unspecified atom stereocenters. The largest absolute Gasteiger partial charge is 0.353 e. The van der Waals surface area contributed by atoms with E-state index >= 15 is 0 Å². The van der Waals surface area contributed by atoms with Crippen molar-refractivity contribution in [2.45, 2.75) is 13.1 Å². The average Bonchev–Trinajstić information content (AvgIpc) is 2.20. The molecule has 0 saturated carbocycles. The first kappa shape index (κ1) is 10.6. The summed E-state index contributed by atoms with van der Waals surface area (Å²) in [4.78, 5) is 19.1. The molecule has 0 aliphatic carbocycles. The number of nitrogens with zero attached hydrogens (tertiary/aromatic N) is 3. The van der Waals surface area contributed by atoms with Crippen molar-refractivity contribution < 1.29 is 4.79 Å². The molecule has 0 aromatic carbocycles. The molecule has 0 bridgehead atoms. The van der Waals surface area contributed by atoms with Crippen molar-refractivity contribution in [3.8, 4) is 0 Å². The molecule has 0 saturated heterocycles. The number of nitrogens with one attached hydrogen (secondary N) is 1. The third kappa shape index (κ3) is 2.25. The minimum absolute atomic E-state index is 0.0267. The van der Waals surface area contributed by atoms with Crippen LogP contribution in [0.4, 0.5) is 4.79 Å². The smallest absolute Gasteiger partial charge is 0.321 e. The number of rotatable bonds is 2. The monoisotopic (exact) mass is 196 g/mol. The van der Waals surface area contributed by atoms with Gasteiger partial charge in [0.1, 0.15) is 6.17 Å². The van der Waals surface area contributed by atoms with Crippen LogP contribution in [0.5, 0.6) is 0 Å². The van der Waals surface area contributed by atoms with Gasteiger partial charge in [0.05, 0.1) is 6.34 Å². The molecule has 1 N–H and O–H groups in total. The summed E-state index contributed by atoms with van der Waals surface area (Å²) in [6, 6.07) is -0.0267. The van der Waals surface area contributed by atoms with Crippen LogP contribution in [0.15, 0.2) is 17.3 Å². The molecule has 14 heavy (non-hydrogen) atoms. The Kier molecular flexibility index (Phi) is 3.50. The van der Waals surface area contributed by atoms with Crippen molar-refractivity contribution >= 4 is 12.4 Å². The zero-order valence-electron chi connectivity index (χ0n) is 8.77. The first-order chi connectivity index (χ1) is 6.66. The fraction of sp³-hybridized carbons (Fsp3) is 0.556. The predicted octanol–water partition coefficient (Wildman–Crippen LogP) is 0.461. The molecule has 5 nitrogen and oxygen atoms in total. The predicted molar refractivity (Wildman–Crippen MR) is 56.0 cm³/mol. The number of carbonyl (C=O) groups is 1. The van der Waals surface area contributed by atoms with Gasteiger partial charge in [-0.25, -0.2) is 9.79 Å². The van der Waals surface area contributed by atoms with E-state index in [0.29, 0.717) is 6.54 Å². The zero-order valence-corrected chi connectivity index (χ0v) is 8.77.